The van der Waals surface area contributed by atoms with Crippen LogP contribution < -0.4 is 9.64 Å². The minimum Gasteiger partial charge on any atom is -0.489 e. The van der Waals surface area contributed by atoms with Crippen molar-refractivity contribution in [2.45, 2.75) is 25.9 Å². The number of carbonyl (C=O) groups is 1. The van der Waals surface area contributed by atoms with E-state index in [1.165, 1.54) is 0 Å². The molecule has 9 nitrogen and oxygen atoms in total. The lowest BCUT2D eigenvalue weighted by atomic mass is 10.1. The average Bonchev–Trinajstić information content (AvgIpc) is 3.39. The molecular weight excluding hydrogens is 528 g/mol. The first kappa shape index (κ1) is 27.4. The number of halogens is 1. The number of nitrogens with zero attached hydrogens (tertiary/aromatic N) is 6. The van der Waals surface area contributed by atoms with Gasteiger partial charge in [0.25, 0.3) is 0 Å². The molecule has 0 bridgehead atoms. The van der Waals surface area contributed by atoms with Gasteiger partial charge in [0.2, 0.25) is 5.91 Å². The number of amides is 1. The predicted octanol–water partition coefficient (Wildman–Crippen LogP) is 4.62. The van der Waals surface area contributed by atoms with Crippen molar-refractivity contribution in [1.82, 2.24) is 19.5 Å². The number of rotatable bonds is 8. The minimum atomic E-state index is -0.454. The van der Waals surface area contributed by atoms with Gasteiger partial charge in [0.1, 0.15) is 24.2 Å². The van der Waals surface area contributed by atoms with E-state index in [9.17, 15) is 10.1 Å². The van der Waals surface area contributed by atoms with Gasteiger partial charge >= 0.3 is 0 Å². The molecule has 0 spiro atoms. The van der Waals surface area contributed by atoms with E-state index in [-0.39, 0.29) is 5.91 Å². The van der Waals surface area contributed by atoms with Crippen LogP contribution in [0, 0.1) is 11.3 Å². The van der Waals surface area contributed by atoms with E-state index >= 15 is 0 Å². The molecule has 0 aliphatic carbocycles. The van der Waals surface area contributed by atoms with E-state index in [0.717, 1.165) is 22.5 Å². The van der Waals surface area contributed by atoms with Crippen LogP contribution in [0.15, 0.2) is 61.1 Å². The molecule has 5 rings (SSSR count). The van der Waals surface area contributed by atoms with Gasteiger partial charge in [-0.25, -0.2) is 9.50 Å². The second kappa shape index (κ2) is 11.5. The molecule has 206 valence electrons. The Balaban J connectivity index is 1.30. The summed E-state index contributed by atoms with van der Waals surface area (Å²) >= 11 is 6.06. The van der Waals surface area contributed by atoms with Crippen LogP contribution in [-0.4, -0.2) is 70.9 Å². The number of methoxy groups -OCH3 is 1. The molecule has 10 heteroatoms. The van der Waals surface area contributed by atoms with Gasteiger partial charge in [-0.15, -0.1) is 0 Å². The summed E-state index contributed by atoms with van der Waals surface area (Å²) in [5.74, 6) is 1.55. The summed E-state index contributed by atoms with van der Waals surface area (Å²) in [6, 6.07) is 15.5. The zero-order valence-corrected chi connectivity index (χ0v) is 23.6. The average molecular weight is 559 g/mol. The molecule has 0 atom stereocenters. The van der Waals surface area contributed by atoms with E-state index in [2.05, 4.69) is 16.1 Å². The monoisotopic (exact) mass is 558 g/mol. The van der Waals surface area contributed by atoms with Crippen molar-refractivity contribution < 1.29 is 14.3 Å². The quantitative estimate of drug-likeness (QED) is 0.311. The number of carbonyl (C=O) groups excluding carboxylic acids is 1. The highest BCUT2D eigenvalue weighted by molar-refractivity contribution is 6.30. The highest BCUT2D eigenvalue weighted by atomic mass is 35.5. The number of pyridine rings is 2. The Morgan fingerprint density at radius 2 is 1.93 bits per heavy atom. The van der Waals surface area contributed by atoms with Gasteiger partial charge in [-0.2, -0.15) is 10.4 Å². The fourth-order valence-corrected chi connectivity index (χ4v) is 4.86. The number of hydrogen-bond donors (Lipinski definition) is 0. The van der Waals surface area contributed by atoms with Crippen molar-refractivity contribution in [1.29, 1.82) is 5.26 Å². The first-order valence-corrected chi connectivity index (χ1v) is 13.5. The number of aromatic nitrogens is 3. The SMILES string of the molecule is COC(C)(C)COc1cc(-c2ccc(N3CCN(C(=O)Cc4cccc(Cl)c4)CC3)nc2)c2c(C#N)cnn2c1. The van der Waals surface area contributed by atoms with Gasteiger partial charge in [-0.05, 0) is 49.7 Å². The third-order valence-corrected chi connectivity index (χ3v) is 7.34. The van der Waals surface area contributed by atoms with Crippen LogP contribution in [0.5, 0.6) is 5.75 Å². The number of piperazine rings is 1. The summed E-state index contributed by atoms with van der Waals surface area (Å²) in [5, 5.41) is 14.7. The van der Waals surface area contributed by atoms with Crippen molar-refractivity contribution in [3.63, 3.8) is 0 Å². The maximum absolute atomic E-state index is 12.8. The number of ether oxygens (including phenoxy) is 2. The largest absolute Gasteiger partial charge is 0.489 e. The third kappa shape index (κ3) is 6.03. The second-order valence-electron chi connectivity index (χ2n) is 10.4. The van der Waals surface area contributed by atoms with Gasteiger partial charge in [0.15, 0.2) is 0 Å². The zero-order valence-electron chi connectivity index (χ0n) is 22.8. The zero-order chi connectivity index (χ0) is 28.3. The topological polar surface area (TPSA) is 96.0 Å². The molecule has 1 fully saturated rings. The summed E-state index contributed by atoms with van der Waals surface area (Å²) in [4.78, 5) is 21.6. The Labute approximate surface area is 238 Å². The van der Waals surface area contributed by atoms with Crippen molar-refractivity contribution in [2.75, 3.05) is 44.8 Å². The lowest BCUT2D eigenvalue weighted by Gasteiger charge is -2.35. The Kier molecular flexibility index (Phi) is 7.92. The lowest BCUT2D eigenvalue weighted by molar-refractivity contribution is -0.130. The van der Waals surface area contributed by atoms with Gasteiger partial charge in [-0.1, -0.05) is 23.7 Å². The fraction of sp³-hybridized carbons (Fsp3) is 0.333. The third-order valence-electron chi connectivity index (χ3n) is 7.11. The van der Waals surface area contributed by atoms with E-state index in [1.54, 1.807) is 36.3 Å². The normalized spacial score (nSPS) is 13.9. The molecule has 4 aromatic rings. The Hall–Kier alpha value is -4.13. The summed E-state index contributed by atoms with van der Waals surface area (Å²) in [5.41, 5.74) is 3.28. The van der Waals surface area contributed by atoms with Crippen molar-refractivity contribution in [3.8, 4) is 22.9 Å². The van der Waals surface area contributed by atoms with Crippen molar-refractivity contribution in [2.24, 2.45) is 0 Å². The van der Waals surface area contributed by atoms with Gasteiger partial charge < -0.3 is 19.3 Å². The first-order chi connectivity index (χ1) is 19.3. The summed E-state index contributed by atoms with van der Waals surface area (Å²) in [6.07, 6.45) is 5.46. The highest BCUT2D eigenvalue weighted by Crippen LogP contribution is 2.32. The van der Waals surface area contributed by atoms with Crippen LogP contribution in [0.1, 0.15) is 25.0 Å². The summed E-state index contributed by atoms with van der Waals surface area (Å²) in [7, 11) is 1.65. The van der Waals surface area contributed by atoms with Gasteiger partial charge in [-0.3, -0.25) is 4.79 Å². The number of benzene rings is 1. The molecule has 0 N–H and O–H groups in total. The first-order valence-electron chi connectivity index (χ1n) is 13.1. The summed E-state index contributed by atoms with van der Waals surface area (Å²) in [6.45, 7) is 6.89. The van der Waals surface area contributed by atoms with Gasteiger partial charge in [0, 0.05) is 55.6 Å². The van der Waals surface area contributed by atoms with Crippen LogP contribution >= 0.6 is 11.6 Å². The number of anilines is 1. The highest BCUT2D eigenvalue weighted by Gasteiger charge is 2.23. The molecule has 0 unspecified atom stereocenters. The fourth-order valence-electron chi connectivity index (χ4n) is 4.64. The predicted molar refractivity (Wildman–Crippen MR) is 154 cm³/mol. The Bertz CT molecular complexity index is 1550. The molecule has 1 saturated heterocycles. The number of hydrogen-bond acceptors (Lipinski definition) is 7. The molecule has 0 radical (unpaired) electrons. The van der Waals surface area contributed by atoms with E-state index in [4.69, 9.17) is 26.1 Å². The minimum absolute atomic E-state index is 0.0966. The lowest BCUT2D eigenvalue weighted by Crippen LogP contribution is -2.49. The van der Waals surface area contributed by atoms with Crippen LogP contribution in [0.25, 0.3) is 16.6 Å². The molecule has 1 aliphatic rings. The van der Waals surface area contributed by atoms with Gasteiger partial charge in [0.05, 0.1) is 35.5 Å². The van der Waals surface area contributed by atoms with Crippen LogP contribution in [0.3, 0.4) is 0 Å². The van der Waals surface area contributed by atoms with Crippen molar-refractivity contribution >= 4 is 28.8 Å². The van der Waals surface area contributed by atoms with E-state index < -0.39 is 5.60 Å². The molecule has 3 aromatic heterocycles. The van der Waals surface area contributed by atoms with Crippen LogP contribution in [0.2, 0.25) is 5.02 Å². The molecule has 0 saturated carbocycles. The second-order valence-corrected chi connectivity index (χ2v) is 10.8. The maximum atomic E-state index is 12.8. The molecule has 4 heterocycles. The standard InChI is InChI=1S/C30H31ClN6O3/c1-30(2,39-3)20-40-25-15-26(29-23(16-32)18-34-37(29)19-25)22-7-8-27(33-17-22)35-9-11-36(12-10-35)28(38)14-21-5-4-6-24(31)13-21/h4-8,13,15,17-19H,9-12,14,20H2,1-3H3. The number of fused-ring (bicyclic) bond motifs is 1. The van der Waals surface area contributed by atoms with E-state index in [1.807, 2.05) is 55.1 Å². The Morgan fingerprint density at radius 3 is 2.60 bits per heavy atom. The molecular formula is C30H31ClN6O3. The summed E-state index contributed by atoms with van der Waals surface area (Å²) < 4.78 is 13.2. The molecule has 1 amide bonds. The van der Waals surface area contributed by atoms with Crippen molar-refractivity contribution in [3.05, 3.63) is 77.2 Å². The Morgan fingerprint density at radius 1 is 1.12 bits per heavy atom. The molecule has 40 heavy (non-hydrogen) atoms. The number of nitriles is 1. The smallest absolute Gasteiger partial charge is 0.227 e. The molecule has 1 aromatic carbocycles. The van der Waals surface area contributed by atoms with Crippen LogP contribution in [0.4, 0.5) is 5.82 Å². The molecule has 1 aliphatic heterocycles. The van der Waals surface area contributed by atoms with E-state index in [0.29, 0.717) is 61.1 Å². The maximum Gasteiger partial charge on any atom is 0.227 e. The van der Waals surface area contributed by atoms with Crippen LogP contribution in [-0.2, 0) is 16.0 Å².